The van der Waals surface area contributed by atoms with E-state index in [0.29, 0.717) is 0 Å². The van der Waals surface area contributed by atoms with E-state index in [2.05, 4.69) is 10.1 Å². The molecule has 0 aliphatic rings. The Morgan fingerprint density at radius 1 is 1.31 bits per heavy atom. The molecule has 4 heteroatoms. The Labute approximate surface area is 74.8 Å². The van der Waals surface area contributed by atoms with Crippen molar-refractivity contribution < 1.29 is 4.39 Å². The normalized spacial score (nSPS) is 10.3. The Balaban J connectivity index is 2.41. The second kappa shape index (κ2) is 2.97. The number of nitrogens with zero attached hydrogens (tertiary/aromatic N) is 3. The maximum Gasteiger partial charge on any atom is 0.212 e. The highest BCUT2D eigenvalue weighted by Gasteiger charge is 1.98. The smallest absolute Gasteiger partial charge is 0.212 e. The van der Waals surface area contributed by atoms with E-state index >= 15 is 0 Å². The molecule has 2 heterocycles. The molecule has 0 radical (unpaired) electrons. The lowest BCUT2D eigenvalue weighted by Crippen LogP contribution is -1.96. The van der Waals surface area contributed by atoms with Crippen molar-refractivity contribution >= 4 is 0 Å². The third-order valence-corrected chi connectivity index (χ3v) is 1.70. The Bertz CT molecular complexity index is 405. The zero-order chi connectivity index (χ0) is 9.26. The molecule has 3 nitrogen and oxygen atoms in total. The highest BCUT2D eigenvalue weighted by Crippen LogP contribution is 2.05. The Morgan fingerprint density at radius 2 is 2.15 bits per heavy atom. The van der Waals surface area contributed by atoms with E-state index in [9.17, 15) is 4.39 Å². The van der Waals surface area contributed by atoms with Crippen LogP contribution >= 0.6 is 0 Å². The summed E-state index contributed by atoms with van der Waals surface area (Å²) in [5.74, 6) is -0.479. The quantitative estimate of drug-likeness (QED) is 0.621. The zero-order valence-corrected chi connectivity index (χ0v) is 7.11. The van der Waals surface area contributed by atoms with Gasteiger partial charge in [0.1, 0.15) is 0 Å². The summed E-state index contributed by atoms with van der Waals surface area (Å²) in [6, 6.07) is 4.82. The molecule has 0 N–H and O–H groups in total. The van der Waals surface area contributed by atoms with Gasteiger partial charge in [0.15, 0.2) is 0 Å². The highest BCUT2D eigenvalue weighted by molar-refractivity contribution is 5.26. The predicted octanol–water partition coefficient (Wildman–Crippen LogP) is 1.71. The molecule has 0 saturated carbocycles. The fraction of sp³-hybridized carbons (Fsp3) is 0.111. The van der Waals surface area contributed by atoms with Crippen molar-refractivity contribution in [3.63, 3.8) is 0 Å². The lowest BCUT2D eigenvalue weighted by molar-refractivity contribution is 0.582. The van der Waals surface area contributed by atoms with Gasteiger partial charge in [-0.1, -0.05) is 0 Å². The van der Waals surface area contributed by atoms with E-state index in [1.807, 2.05) is 19.2 Å². The summed E-state index contributed by atoms with van der Waals surface area (Å²) in [5.41, 5.74) is 1.68. The summed E-state index contributed by atoms with van der Waals surface area (Å²) in [4.78, 5) is 3.54. The molecule has 2 aromatic heterocycles. The topological polar surface area (TPSA) is 30.7 Å². The molecule has 0 spiro atoms. The molecular weight excluding hydrogens is 169 g/mol. The van der Waals surface area contributed by atoms with Gasteiger partial charge in [0.05, 0.1) is 17.6 Å². The van der Waals surface area contributed by atoms with Gasteiger partial charge >= 0.3 is 0 Å². The molecule has 66 valence electrons. The number of halogens is 1. The molecule has 0 amide bonds. The lowest BCUT2D eigenvalue weighted by Gasteiger charge is -1.98. The SMILES string of the molecule is Cc1ccn(-c2ccc(F)nc2)n1. The third-order valence-electron chi connectivity index (χ3n) is 1.70. The van der Waals surface area contributed by atoms with Gasteiger partial charge in [-0.15, -0.1) is 0 Å². The first-order chi connectivity index (χ1) is 6.25. The summed E-state index contributed by atoms with van der Waals surface area (Å²) >= 11 is 0. The second-order valence-electron chi connectivity index (χ2n) is 2.74. The highest BCUT2D eigenvalue weighted by atomic mass is 19.1. The van der Waals surface area contributed by atoms with E-state index < -0.39 is 5.95 Å². The molecule has 0 unspecified atom stereocenters. The first-order valence-corrected chi connectivity index (χ1v) is 3.90. The summed E-state index contributed by atoms with van der Waals surface area (Å²) < 4.78 is 14.1. The Hall–Kier alpha value is -1.71. The van der Waals surface area contributed by atoms with Gasteiger partial charge in [-0.2, -0.15) is 9.49 Å². The number of pyridine rings is 1. The van der Waals surface area contributed by atoms with Crippen molar-refractivity contribution in [3.05, 3.63) is 42.2 Å². The first kappa shape index (κ1) is 7.91. The van der Waals surface area contributed by atoms with Gasteiger partial charge in [-0.05, 0) is 25.1 Å². The van der Waals surface area contributed by atoms with Gasteiger partial charge in [-0.25, -0.2) is 9.67 Å². The minimum atomic E-state index is -0.479. The minimum absolute atomic E-state index is 0.479. The first-order valence-electron chi connectivity index (χ1n) is 3.90. The maximum atomic E-state index is 12.5. The summed E-state index contributed by atoms with van der Waals surface area (Å²) in [6.07, 6.45) is 3.26. The average molecular weight is 177 g/mol. The van der Waals surface area contributed by atoms with Crippen LogP contribution in [0, 0.1) is 12.9 Å². The van der Waals surface area contributed by atoms with Crippen molar-refractivity contribution in [2.45, 2.75) is 6.92 Å². The van der Waals surface area contributed by atoms with Gasteiger partial charge in [0, 0.05) is 6.20 Å². The summed E-state index contributed by atoms with van der Waals surface area (Å²) in [5, 5.41) is 4.16. The van der Waals surface area contributed by atoms with Crippen molar-refractivity contribution in [1.29, 1.82) is 0 Å². The lowest BCUT2D eigenvalue weighted by atomic mass is 10.4. The van der Waals surface area contributed by atoms with Crippen LogP contribution < -0.4 is 0 Å². The fourth-order valence-corrected chi connectivity index (χ4v) is 1.06. The van der Waals surface area contributed by atoms with Crippen LogP contribution in [0.1, 0.15) is 5.69 Å². The minimum Gasteiger partial charge on any atom is -0.239 e. The van der Waals surface area contributed by atoms with Crippen LogP contribution in [0.5, 0.6) is 0 Å². The van der Waals surface area contributed by atoms with Crippen molar-refractivity contribution in [3.8, 4) is 5.69 Å². The molecule has 2 rings (SSSR count). The number of aryl methyl sites for hydroxylation is 1. The monoisotopic (exact) mass is 177 g/mol. The molecule has 0 atom stereocenters. The second-order valence-corrected chi connectivity index (χ2v) is 2.74. The predicted molar refractivity (Wildman–Crippen MR) is 46.1 cm³/mol. The number of rotatable bonds is 1. The van der Waals surface area contributed by atoms with E-state index in [1.165, 1.54) is 12.3 Å². The van der Waals surface area contributed by atoms with Gasteiger partial charge < -0.3 is 0 Å². The van der Waals surface area contributed by atoms with E-state index in [0.717, 1.165) is 11.4 Å². The molecule has 0 fully saturated rings. The standard InChI is InChI=1S/C9H8FN3/c1-7-4-5-13(12-7)8-2-3-9(10)11-6-8/h2-6H,1H3. The fourth-order valence-electron chi connectivity index (χ4n) is 1.06. The van der Waals surface area contributed by atoms with Crippen molar-refractivity contribution in [1.82, 2.24) is 14.8 Å². The van der Waals surface area contributed by atoms with Crippen LogP contribution in [-0.4, -0.2) is 14.8 Å². The van der Waals surface area contributed by atoms with Crippen LogP contribution in [0.4, 0.5) is 4.39 Å². The maximum absolute atomic E-state index is 12.5. The Kier molecular flexibility index (Phi) is 1.81. The van der Waals surface area contributed by atoms with Crippen LogP contribution in [0.25, 0.3) is 5.69 Å². The van der Waals surface area contributed by atoms with Crippen LogP contribution in [-0.2, 0) is 0 Å². The summed E-state index contributed by atoms with van der Waals surface area (Å²) in [6.45, 7) is 1.90. The van der Waals surface area contributed by atoms with Gasteiger partial charge in [0.2, 0.25) is 5.95 Å². The summed E-state index contributed by atoms with van der Waals surface area (Å²) in [7, 11) is 0. The molecule has 0 aromatic carbocycles. The molecule has 2 aromatic rings. The molecule has 0 saturated heterocycles. The Morgan fingerprint density at radius 3 is 2.69 bits per heavy atom. The van der Waals surface area contributed by atoms with Crippen LogP contribution in [0.3, 0.4) is 0 Å². The largest absolute Gasteiger partial charge is 0.239 e. The third kappa shape index (κ3) is 1.56. The number of aromatic nitrogens is 3. The van der Waals surface area contributed by atoms with Crippen molar-refractivity contribution in [2.75, 3.05) is 0 Å². The van der Waals surface area contributed by atoms with E-state index in [1.54, 1.807) is 10.7 Å². The van der Waals surface area contributed by atoms with Gasteiger partial charge in [0.25, 0.3) is 0 Å². The van der Waals surface area contributed by atoms with Crippen molar-refractivity contribution in [2.24, 2.45) is 0 Å². The molecular formula is C9H8FN3. The number of hydrogen-bond acceptors (Lipinski definition) is 2. The van der Waals surface area contributed by atoms with E-state index in [4.69, 9.17) is 0 Å². The number of hydrogen-bond donors (Lipinski definition) is 0. The molecule has 0 aliphatic carbocycles. The molecule has 0 aliphatic heterocycles. The van der Waals surface area contributed by atoms with Crippen LogP contribution in [0.2, 0.25) is 0 Å². The van der Waals surface area contributed by atoms with Gasteiger partial charge in [-0.3, -0.25) is 0 Å². The van der Waals surface area contributed by atoms with E-state index in [-0.39, 0.29) is 0 Å². The molecule has 13 heavy (non-hydrogen) atoms. The molecule has 0 bridgehead atoms. The zero-order valence-electron chi connectivity index (χ0n) is 7.11. The average Bonchev–Trinajstić information content (AvgIpc) is 2.53. The van der Waals surface area contributed by atoms with Crippen LogP contribution in [0.15, 0.2) is 30.6 Å².